The van der Waals surface area contributed by atoms with Gasteiger partial charge < -0.3 is 4.74 Å². The highest BCUT2D eigenvalue weighted by atomic mass is 35.5. The van der Waals surface area contributed by atoms with Crippen molar-refractivity contribution in [1.29, 1.82) is 0 Å². The van der Waals surface area contributed by atoms with E-state index in [1.165, 1.54) is 5.56 Å². The lowest BCUT2D eigenvalue weighted by molar-refractivity contribution is 0.326. The Balaban J connectivity index is 2.36. The molecule has 0 aliphatic heterocycles. The molecule has 0 aliphatic carbocycles. The average Bonchev–Trinajstić information content (AvgIpc) is 2.37. The highest BCUT2D eigenvalue weighted by Gasteiger charge is 2.14. The number of halogens is 1. The van der Waals surface area contributed by atoms with Crippen LogP contribution in [0, 0.1) is 0 Å². The van der Waals surface area contributed by atoms with Gasteiger partial charge in [-0.15, -0.1) is 0 Å². The zero-order chi connectivity index (χ0) is 14.8. The minimum atomic E-state index is 0.129. The van der Waals surface area contributed by atoms with Crippen molar-refractivity contribution in [1.82, 2.24) is 9.97 Å². The summed E-state index contributed by atoms with van der Waals surface area (Å²) in [4.78, 5) is 8.62. The average molecular weight is 291 g/mol. The summed E-state index contributed by atoms with van der Waals surface area (Å²) in [6.07, 6.45) is 0. The molecule has 0 amide bonds. The van der Waals surface area contributed by atoms with Gasteiger partial charge in [0, 0.05) is 11.6 Å². The minimum absolute atomic E-state index is 0.129. The van der Waals surface area contributed by atoms with E-state index in [0.29, 0.717) is 23.5 Å². The van der Waals surface area contributed by atoms with E-state index in [-0.39, 0.29) is 5.41 Å². The van der Waals surface area contributed by atoms with Gasteiger partial charge in [0.2, 0.25) is 5.88 Å². The van der Waals surface area contributed by atoms with Crippen LogP contribution in [0.1, 0.15) is 33.3 Å². The molecule has 0 spiro atoms. The van der Waals surface area contributed by atoms with E-state index in [2.05, 4.69) is 42.9 Å². The Hall–Kier alpha value is -1.61. The molecule has 20 heavy (non-hydrogen) atoms. The van der Waals surface area contributed by atoms with E-state index in [1.54, 1.807) is 6.07 Å². The van der Waals surface area contributed by atoms with Crippen molar-refractivity contribution in [3.63, 3.8) is 0 Å². The second kappa shape index (κ2) is 5.80. The van der Waals surface area contributed by atoms with Gasteiger partial charge in [-0.1, -0.05) is 56.6 Å². The third-order valence-electron chi connectivity index (χ3n) is 2.97. The molecule has 0 unspecified atom stereocenters. The van der Waals surface area contributed by atoms with Crippen LogP contribution < -0.4 is 4.74 Å². The van der Waals surface area contributed by atoms with E-state index < -0.39 is 0 Å². The summed E-state index contributed by atoms with van der Waals surface area (Å²) in [5, 5.41) is 0.387. The molecule has 106 valence electrons. The van der Waals surface area contributed by atoms with Crippen molar-refractivity contribution in [2.75, 3.05) is 6.61 Å². The molecular weight excluding hydrogens is 272 g/mol. The van der Waals surface area contributed by atoms with Crippen LogP contribution in [-0.2, 0) is 5.41 Å². The summed E-state index contributed by atoms with van der Waals surface area (Å²) in [5.74, 6) is 1.09. The third-order valence-corrected chi connectivity index (χ3v) is 3.17. The number of hydrogen-bond acceptors (Lipinski definition) is 3. The van der Waals surface area contributed by atoms with E-state index in [0.717, 1.165) is 5.56 Å². The fourth-order valence-corrected chi connectivity index (χ4v) is 2.04. The number of hydrogen-bond donors (Lipinski definition) is 0. The van der Waals surface area contributed by atoms with Crippen LogP contribution in [0.15, 0.2) is 30.3 Å². The quantitative estimate of drug-likeness (QED) is 0.781. The summed E-state index contributed by atoms with van der Waals surface area (Å²) in [5.41, 5.74) is 2.33. The molecule has 2 aromatic rings. The highest BCUT2D eigenvalue weighted by molar-refractivity contribution is 6.29. The van der Waals surface area contributed by atoms with Gasteiger partial charge in [0.05, 0.1) is 6.61 Å². The van der Waals surface area contributed by atoms with E-state index >= 15 is 0 Å². The molecule has 0 fully saturated rings. The molecule has 0 N–H and O–H groups in total. The van der Waals surface area contributed by atoms with E-state index in [9.17, 15) is 0 Å². The number of aromatic nitrogens is 2. The third kappa shape index (κ3) is 3.48. The topological polar surface area (TPSA) is 35.0 Å². The normalized spacial score (nSPS) is 11.4. The van der Waals surface area contributed by atoms with E-state index in [4.69, 9.17) is 16.3 Å². The lowest BCUT2D eigenvalue weighted by Crippen LogP contribution is -2.10. The molecule has 0 saturated heterocycles. The molecule has 0 bridgehead atoms. The maximum absolute atomic E-state index is 6.01. The van der Waals surface area contributed by atoms with Crippen LogP contribution in [0.3, 0.4) is 0 Å². The maximum atomic E-state index is 6.01. The molecule has 0 radical (unpaired) electrons. The first-order valence-electron chi connectivity index (χ1n) is 6.68. The summed E-state index contributed by atoms with van der Waals surface area (Å²) in [6, 6.07) is 9.85. The smallest absolute Gasteiger partial charge is 0.218 e. The first kappa shape index (κ1) is 14.8. The predicted octanol–water partition coefficient (Wildman–Crippen LogP) is 4.49. The predicted molar refractivity (Wildman–Crippen MR) is 82.3 cm³/mol. The zero-order valence-corrected chi connectivity index (χ0v) is 13.0. The van der Waals surface area contributed by atoms with Crippen LogP contribution in [0.2, 0.25) is 5.15 Å². The molecule has 0 aliphatic rings. The summed E-state index contributed by atoms with van der Waals surface area (Å²) >= 11 is 6.01. The second-order valence-electron chi connectivity index (χ2n) is 5.61. The van der Waals surface area contributed by atoms with Gasteiger partial charge in [0.1, 0.15) is 5.15 Å². The van der Waals surface area contributed by atoms with Crippen LogP contribution in [0.4, 0.5) is 0 Å². The van der Waals surface area contributed by atoms with Gasteiger partial charge >= 0.3 is 0 Å². The fraction of sp³-hybridized carbons (Fsp3) is 0.375. The summed E-state index contributed by atoms with van der Waals surface area (Å²) in [7, 11) is 0. The van der Waals surface area contributed by atoms with Gasteiger partial charge in [-0.2, -0.15) is 4.98 Å². The zero-order valence-electron chi connectivity index (χ0n) is 12.3. The molecule has 3 nitrogen and oxygen atoms in total. The molecule has 0 saturated carbocycles. The Kier molecular flexibility index (Phi) is 4.29. The summed E-state index contributed by atoms with van der Waals surface area (Å²) < 4.78 is 5.39. The standard InChI is InChI=1S/C16H19ClN2O/c1-5-20-14-10-13(17)18-15(19-14)11-6-8-12(9-7-11)16(2,3)4/h6-10H,5H2,1-4H3. The van der Waals surface area contributed by atoms with Crippen LogP contribution >= 0.6 is 11.6 Å². The number of ether oxygens (including phenoxy) is 1. The Morgan fingerprint density at radius 1 is 1.10 bits per heavy atom. The van der Waals surface area contributed by atoms with Crippen molar-refractivity contribution in [2.24, 2.45) is 0 Å². The SMILES string of the molecule is CCOc1cc(Cl)nc(-c2ccc(C(C)(C)C)cc2)n1. The Morgan fingerprint density at radius 2 is 1.75 bits per heavy atom. The van der Waals surface area contributed by atoms with Gasteiger partial charge in [-0.25, -0.2) is 4.98 Å². The lowest BCUT2D eigenvalue weighted by atomic mass is 9.87. The molecular formula is C16H19ClN2O. The van der Waals surface area contributed by atoms with Crippen molar-refractivity contribution in [3.05, 3.63) is 41.0 Å². The van der Waals surface area contributed by atoms with Gasteiger partial charge in [-0.05, 0) is 17.9 Å². The molecule has 1 aromatic heterocycles. The van der Waals surface area contributed by atoms with Gasteiger partial charge in [0.25, 0.3) is 0 Å². The van der Waals surface area contributed by atoms with Crippen molar-refractivity contribution >= 4 is 11.6 Å². The Labute approximate surface area is 125 Å². The molecule has 1 heterocycles. The Bertz CT molecular complexity index is 588. The van der Waals surface area contributed by atoms with E-state index in [1.807, 2.05) is 19.1 Å². The van der Waals surface area contributed by atoms with Gasteiger partial charge in [-0.3, -0.25) is 0 Å². The molecule has 4 heteroatoms. The lowest BCUT2D eigenvalue weighted by Gasteiger charge is -2.19. The number of benzene rings is 1. The first-order chi connectivity index (χ1) is 9.40. The van der Waals surface area contributed by atoms with Crippen LogP contribution in [0.5, 0.6) is 5.88 Å². The number of nitrogens with zero attached hydrogens (tertiary/aromatic N) is 2. The van der Waals surface area contributed by atoms with Crippen LogP contribution in [-0.4, -0.2) is 16.6 Å². The van der Waals surface area contributed by atoms with Crippen molar-refractivity contribution in [3.8, 4) is 17.3 Å². The second-order valence-corrected chi connectivity index (χ2v) is 6.00. The fourth-order valence-electron chi connectivity index (χ4n) is 1.87. The van der Waals surface area contributed by atoms with Crippen molar-refractivity contribution in [2.45, 2.75) is 33.1 Å². The largest absolute Gasteiger partial charge is 0.478 e. The highest BCUT2D eigenvalue weighted by Crippen LogP contribution is 2.26. The minimum Gasteiger partial charge on any atom is -0.478 e. The number of rotatable bonds is 3. The first-order valence-corrected chi connectivity index (χ1v) is 7.06. The van der Waals surface area contributed by atoms with Crippen molar-refractivity contribution < 1.29 is 4.74 Å². The van der Waals surface area contributed by atoms with Crippen LogP contribution in [0.25, 0.3) is 11.4 Å². The molecule has 2 rings (SSSR count). The monoisotopic (exact) mass is 290 g/mol. The van der Waals surface area contributed by atoms with Gasteiger partial charge in [0.15, 0.2) is 5.82 Å². The molecule has 1 aromatic carbocycles. The Morgan fingerprint density at radius 3 is 2.30 bits per heavy atom. The molecule has 0 atom stereocenters. The summed E-state index contributed by atoms with van der Waals surface area (Å²) in [6.45, 7) is 9.02. The maximum Gasteiger partial charge on any atom is 0.218 e.